The smallest absolute Gasteiger partial charge is 0.169 e. The summed E-state index contributed by atoms with van der Waals surface area (Å²) in [7, 11) is 1.44. The van der Waals surface area contributed by atoms with Crippen molar-refractivity contribution in [2.24, 2.45) is 5.92 Å². The minimum atomic E-state index is -0.426. The lowest BCUT2D eigenvalue weighted by Crippen LogP contribution is -2.13. The molecular weight excluding hydrogens is 299 g/mol. The molecule has 0 aliphatic heterocycles. The zero-order chi connectivity index (χ0) is 13.7. The van der Waals surface area contributed by atoms with E-state index in [4.69, 9.17) is 4.74 Å². The summed E-state index contributed by atoms with van der Waals surface area (Å²) in [5, 5.41) is 0. The second-order valence-electron chi connectivity index (χ2n) is 4.37. The fourth-order valence-electron chi connectivity index (χ4n) is 1.80. The van der Waals surface area contributed by atoms with Crippen LogP contribution in [0.15, 0.2) is 16.6 Å². The van der Waals surface area contributed by atoms with E-state index in [1.165, 1.54) is 19.2 Å². The highest BCUT2D eigenvalue weighted by Gasteiger charge is 2.20. The van der Waals surface area contributed by atoms with Crippen LogP contribution >= 0.6 is 15.9 Å². The molecule has 1 rings (SSSR count). The first-order valence-electron chi connectivity index (χ1n) is 6.08. The summed E-state index contributed by atoms with van der Waals surface area (Å²) in [5.74, 6) is -0.203. The van der Waals surface area contributed by atoms with Gasteiger partial charge in [-0.25, -0.2) is 4.39 Å². The van der Waals surface area contributed by atoms with E-state index in [0.29, 0.717) is 11.3 Å². The summed E-state index contributed by atoms with van der Waals surface area (Å²) >= 11 is 3.10. The van der Waals surface area contributed by atoms with Crippen LogP contribution in [0.3, 0.4) is 0 Å². The normalized spacial score (nSPS) is 12.3. The van der Waals surface area contributed by atoms with Crippen LogP contribution < -0.4 is 4.74 Å². The third-order valence-electron chi connectivity index (χ3n) is 2.95. The summed E-state index contributed by atoms with van der Waals surface area (Å²) < 4.78 is 18.7. The molecule has 0 saturated carbocycles. The van der Waals surface area contributed by atoms with Crippen molar-refractivity contribution in [2.45, 2.75) is 33.1 Å². The van der Waals surface area contributed by atoms with Crippen LogP contribution in [0.1, 0.15) is 43.5 Å². The van der Waals surface area contributed by atoms with Crippen LogP contribution in [0, 0.1) is 11.7 Å². The molecule has 0 spiro atoms. The van der Waals surface area contributed by atoms with E-state index < -0.39 is 5.82 Å². The molecular formula is C14H18BrFO2. The fourth-order valence-corrected chi connectivity index (χ4v) is 2.14. The number of carbonyl (C=O) groups is 1. The molecule has 0 saturated heterocycles. The Morgan fingerprint density at radius 1 is 1.50 bits per heavy atom. The van der Waals surface area contributed by atoms with Crippen molar-refractivity contribution >= 4 is 21.7 Å². The molecule has 0 fully saturated rings. The Balaban J connectivity index is 3.00. The molecule has 0 aliphatic carbocycles. The number of ketones is 1. The Morgan fingerprint density at radius 2 is 2.17 bits per heavy atom. The number of unbranched alkanes of at least 4 members (excludes halogenated alkanes) is 1. The van der Waals surface area contributed by atoms with Crippen molar-refractivity contribution < 1.29 is 13.9 Å². The van der Waals surface area contributed by atoms with Crippen LogP contribution in [0.2, 0.25) is 0 Å². The minimum absolute atomic E-state index is 0.000926. The Kier molecular flexibility index (Phi) is 5.79. The second kappa shape index (κ2) is 6.88. The molecule has 100 valence electrons. The number of rotatable bonds is 6. The van der Waals surface area contributed by atoms with Crippen molar-refractivity contribution in [3.05, 3.63) is 28.0 Å². The van der Waals surface area contributed by atoms with Crippen molar-refractivity contribution in [3.8, 4) is 5.75 Å². The van der Waals surface area contributed by atoms with Gasteiger partial charge >= 0.3 is 0 Å². The first-order chi connectivity index (χ1) is 8.51. The molecule has 0 aromatic heterocycles. The summed E-state index contributed by atoms with van der Waals surface area (Å²) in [6.45, 7) is 3.99. The summed E-state index contributed by atoms with van der Waals surface area (Å²) in [6.07, 6.45) is 2.91. The maximum Gasteiger partial charge on any atom is 0.169 e. The van der Waals surface area contributed by atoms with Gasteiger partial charge in [-0.3, -0.25) is 4.79 Å². The van der Waals surface area contributed by atoms with Gasteiger partial charge < -0.3 is 4.74 Å². The molecule has 0 aliphatic rings. The monoisotopic (exact) mass is 316 g/mol. The maximum atomic E-state index is 13.4. The van der Waals surface area contributed by atoms with Gasteiger partial charge in [-0.2, -0.15) is 0 Å². The van der Waals surface area contributed by atoms with Gasteiger partial charge in [0.05, 0.1) is 17.1 Å². The molecule has 1 aromatic carbocycles. The molecule has 18 heavy (non-hydrogen) atoms. The third-order valence-corrected chi connectivity index (χ3v) is 3.55. The molecule has 2 nitrogen and oxygen atoms in total. The molecule has 0 heterocycles. The van der Waals surface area contributed by atoms with E-state index in [1.54, 1.807) is 0 Å². The van der Waals surface area contributed by atoms with E-state index in [0.717, 1.165) is 19.3 Å². The number of ether oxygens (including phenoxy) is 1. The van der Waals surface area contributed by atoms with Crippen molar-refractivity contribution in [1.29, 1.82) is 0 Å². The zero-order valence-electron chi connectivity index (χ0n) is 10.9. The molecule has 0 amide bonds. The van der Waals surface area contributed by atoms with Gasteiger partial charge in [0, 0.05) is 12.0 Å². The van der Waals surface area contributed by atoms with Gasteiger partial charge in [0.2, 0.25) is 0 Å². The molecule has 1 aromatic rings. The van der Waals surface area contributed by atoms with Gasteiger partial charge in [0.1, 0.15) is 11.6 Å². The number of benzene rings is 1. The Labute approximate surface area is 116 Å². The third kappa shape index (κ3) is 3.55. The van der Waals surface area contributed by atoms with Crippen LogP contribution in [0.25, 0.3) is 0 Å². The molecule has 0 bridgehead atoms. The van der Waals surface area contributed by atoms with Crippen LogP contribution in [-0.2, 0) is 0 Å². The number of hydrogen-bond acceptors (Lipinski definition) is 2. The van der Waals surface area contributed by atoms with Crippen LogP contribution in [0.4, 0.5) is 4.39 Å². The average molecular weight is 317 g/mol. The fraction of sp³-hybridized carbons (Fsp3) is 0.500. The topological polar surface area (TPSA) is 26.3 Å². The molecule has 1 unspecified atom stereocenters. The highest BCUT2D eigenvalue weighted by atomic mass is 79.9. The van der Waals surface area contributed by atoms with E-state index in [-0.39, 0.29) is 16.2 Å². The molecule has 1 atom stereocenters. The lowest BCUT2D eigenvalue weighted by Gasteiger charge is -2.13. The van der Waals surface area contributed by atoms with Gasteiger partial charge in [-0.05, 0) is 28.4 Å². The quantitative estimate of drug-likeness (QED) is 0.716. The Bertz CT molecular complexity index is 432. The summed E-state index contributed by atoms with van der Waals surface area (Å²) in [5.41, 5.74) is 0.439. The highest BCUT2D eigenvalue weighted by Crippen LogP contribution is 2.29. The molecule has 0 N–H and O–H groups in total. The van der Waals surface area contributed by atoms with Crippen molar-refractivity contribution in [2.75, 3.05) is 7.11 Å². The minimum Gasteiger partial charge on any atom is -0.496 e. The van der Waals surface area contributed by atoms with E-state index in [2.05, 4.69) is 22.9 Å². The first-order valence-corrected chi connectivity index (χ1v) is 6.87. The lowest BCUT2D eigenvalue weighted by atomic mass is 9.94. The van der Waals surface area contributed by atoms with Gasteiger partial charge in [-0.15, -0.1) is 0 Å². The number of hydrogen-bond donors (Lipinski definition) is 0. The number of carbonyl (C=O) groups excluding carboxylic acids is 1. The maximum absolute atomic E-state index is 13.4. The SMILES string of the molecule is CCCCC(C)C(=O)c1cc(Br)c(F)cc1OC. The predicted molar refractivity (Wildman–Crippen MR) is 73.7 cm³/mol. The highest BCUT2D eigenvalue weighted by molar-refractivity contribution is 9.10. The van der Waals surface area contributed by atoms with E-state index >= 15 is 0 Å². The van der Waals surface area contributed by atoms with Gasteiger partial charge in [0.25, 0.3) is 0 Å². The van der Waals surface area contributed by atoms with E-state index in [1.807, 2.05) is 6.92 Å². The summed E-state index contributed by atoms with van der Waals surface area (Å²) in [6, 6.07) is 2.74. The Hall–Kier alpha value is -0.900. The van der Waals surface area contributed by atoms with Gasteiger partial charge in [-0.1, -0.05) is 26.7 Å². The lowest BCUT2D eigenvalue weighted by molar-refractivity contribution is 0.0919. The predicted octanol–water partition coefficient (Wildman–Crippen LogP) is 4.61. The summed E-state index contributed by atoms with van der Waals surface area (Å²) in [4.78, 5) is 12.3. The molecule has 4 heteroatoms. The zero-order valence-corrected chi connectivity index (χ0v) is 12.5. The number of methoxy groups -OCH3 is 1. The largest absolute Gasteiger partial charge is 0.496 e. The standard InChI is InChI=1S/C14H18BrFO2/c1-4-5-6-9(2)14(17)10-7-11(15)12(16)8-13(10)18-3/h7-9H,4-6H2,1-3H3. The average Bonchev–Trinajstić information content (AvgIpc) is 2.37. The van der Waals surface area contributed by atoms with Gasteiger partial charge in [0.15, 0.2) is 5.78 Å². The van der Waals surface area contributed by atoms with Crippen molar-refractivity contribution in [1.82, 2.24) is 0 Å². The second-order valence-corrected chi connectivity index (χ2v) is 5.23. The van der Waals surface area contributed by atoms with Crippen LogP contribution in [0.5, 0.6) is 5.75 Å². The van der Waals surface area contributed by atoms with Crippen molar-refractivity contribution in [3.63, 3.8) is 0 Å². The number of halogens is 2. The van der Waals surface area contributed by atoms with Crippen LogP contribution in [-0.4, -0.2) is 12.9 Å². The first kappa shape index (κ1) is 15.2. The number of Topliss-reactive ketones (excluding diaryl/α,β-unsaturated/α-hetero) is 1. The van der Waals surface area contributed by atoms with E-state index in [9.17, 15) is 9.18 Å². The molecule has 0 radical (unpaired) electrons. The Morgan fingerprint density at radius 3 is 2.72 bits per heavy atom.